The van der Waals surface area contributed by atoms with E-state index in [0.717, 1.165) is 38.5 Å². The number of rotatable bonds is 7. The van der Waals surface area contributed by atoms with Gasteiger partial charge in [0, 0.05) is 44.5 Å². The number of amides is 1. The lowest BCUT2D eigenvalue weighted by Gasteiger charge is -2.27. The molecule has 22 heavy (non-hydrogen) atoms. The van der Waals surface area contributed by atoms with Crippen molar-refractivity contribution in [2.24, 2.45) is 5.92 Å². The fourth-order valence-corrected chi connectivity index (χ4v) is 3.75. The monoisotopic (exact) mass is 304 g/mol. The lowest BCUT2D eigenvalue weighted by atomic mass is 9.89. The van der Waals surface area contributed by atoms with Gasteiger partial charge in [-0.3, -0.25) is 9.48 Å². The van der Waals surface area contributed by atoms with Crippen LogP contribution in [0.1, 0.15) is 44.9 Å². The van der Waals surface area contributed by atoms with Crippen molar-refractivity contribution in [2.75, 3.05) is 19.6 Å². The molecule has 3 rings (SSSR count). The highest BCUT2D eigenvalue weighted by Gasteiger charge is 2.30. The smallest absolute Gasteiger partial charge is 0.224 e. The molecule has 2 fully saturated rings. The second-order valence-electron chi connectivity index (χ2n) is 6.78. The van der Waals surface area contributed by atoms with Crippen LogP contribution >= 0.6 is 0 Å². The SMILES string of the molecule is O=C1C[C@@H](NCCCn2cccn2)CN1CC1CCCCC1. The van der Waals surface area contributed by atoms with Gasteiger partial charge in [-0.1, -0.05) is 19.3 Å². The molecule has 2 heterocycles. The molecule has 0 radical (unpaired) electrons. The molecule has 1 atom stereocenters. The first-order chi connectivity index (χ1) is 10.8. The summed E-state index contributed by atoms with van der Waals surface area (Å²) < 4.78 is 1.96. The first kappa shape index (κ1) is 15.5. The molecule has 1 saturated carbocycles. The summed E-state index contributed by atoms with van der Waals surface area (Å²) in [6.07, 6.45) is 12.2. The predicted molar refractivity (Wildman–Crippen MR) is 86.4 cm³/mol. The van der Waals surface area contributed by atoms with E-state index in [9.17, 15) is 4.79 Å². The summed E-state index contributed by atoms with van der Waals surface area (Å²) in [4.78, 5) is 14.2. The van der Waals surface area contributed by atoms with E-state index < -0.39 is 0 Å². The Hall–Kier alpha value is -1.36. The molecule has 0 bridgehead atoms. The fourth-order valence-electron chi connectivity index (χ4n) is 3.75. The Morgan fingerprint density at radius 2 is 2.14 bits per heavy atom. The van der Waals surface area contributed by atoms with Gasteiger partial charge in [0.15, 0.2) is 0 Å². The summed E-state index contributed by atoms with van der Waals surface area (Å²) in [5, 5.41) is 7.74. The number of aryl methyl sites for hydroxylation is 1. The predicted octanol–water partition coefficient (Wildman–Crippen LogP) is 2.04. The van der Waals surface area contributed by atoms with Gasteiger partial charge in [-0.2, -0.15) is 5.10 Å². The summed E-state index contributed by atoms with van der Waals surface area (Å²) in [5.74, 6) is 1.09. The molecule has 1 N–H and O–H groups in total. The quantitative estimate of drug-likeness (QED) is 0.784. The summed E-state index contributed by atoms with van der Waals surface area (Å²) >= 11 is 0. The molecular weight excluding hydrogens is 276 g/mol. The molecule has 1 aromatic heterocycles. The summed E-state index contributed by atoms with van der Waals surface area (Å²) in [7, 11) is 0. The van der Waals surface area contributed by atoms with E-state index in [1.54, 1.807) is 0 Å². The van der Waals surface area contributed by atoms with E-state index in [1.165, 1.54) is 32.1 Å². The van der Waals surface area contributed by atoms with Crippen LogP contribution in [0.25, 0.3) is 0 Å². The van der Waals surface area contributed by atoms with Crippen LogP contribution in [0, 0.1) is 5.92 Å². The second kappa shape index (κ2) is 7.77. The molecule has 2 aliphatic rings. The molecular formula is C17H28N4O. The number of carbonyl (C=O) groups excluding carboxylic acids is 1. The highest BCUT2D eigenvalue weighted by atomic mass is 16.2. The van der Waals surface area contributed by atoms with Crippen LogP contribution in [0.15, 0.2) is 18.5 Å². The Morgan fingerprint density at radius 1 is 1.27 bits per heavy atom. The van der Waals surface area contributed by atoms with Crippen molar-refractivity contribution >= 4 is 5.91 Å². The summed E-state index contributed by atoms with van der Waals surface area (Å²) in [6.45, 7) is 3.78. The lowest BCUT2D eigenvalue weighted by molar-refractivity contribution is -0.128. The molecule has 0 unspecified atom stereocenters. The van der Waals surface area contributed by atoms with Gasteiger partial charge >= 0.3 is 0 Å². The standard InChI is InChI=1S/C17H28N4O/c22-17-12-16(18-8-4-10-21-11-5-9-19-21)14-20(17)13-15-6-2-1-3-7-15/h5,9,11,15-16,18H,1-4,6-8,10,12-14H2/t16-/m1/s1. The summed E-state index contributed by atoms with van der Waals surface area (Å²) in [5.41, 5.74) is 0. The Morgan fingerprint density at radius 3 is 2.91 bits per heavy atom. The van der Waals surface area contributed by atoms with E-state index in [-0.39, 0.29) is 0 Å². The zero-order valence-electron chi connectivity index (χ0n) is 13.4. The average Bonchev–Trinajstić information content (AvgIpc) is 3.16. The highest BCUT2D eigenvalue weighted by Crippen LogP contribution is 2.26. The maximum absolute atomic E-state index is 12.1. The second-order valence-corrected chi connectivity index (χ2v) is 6.78. The Kier molecular flexibility index (Phi) is 5.48. The molecule has 5 heteroatoms. The van der Waals surface area contributed by atoms with Gasteiger partial charge in [0.25, 0.3) is 0 Å². The minimum absolute atomic E-state index is 0.341. The molecule has 0 aromatic carbocycles. The van der Waals surface area contributed by atoms with Gasteiger partial charge in [0.05, 0.1) is 0 Å². The third-order valence-corrected chi connectivity index (χ3v) is 4.97. The van der Waals surface area contributed by atoms with Gasteiger partial charge in [-0.25, -0.2) is 0 Å². The molecule has 1 aromatic rings. The van der Waals surface area contributed by atoms with Crippen molar-refractivity contribution in [2.45, 2.75) is 57.5 Å². The maximum Gasteiger partial charge on any atom is 0.224 e. The van der Waals surface area contributed by atoms with E-state index in [1.807, 2.05) is 23.1 Å². The Labute approximate surface area is 133 Å². The number of likely N-dealkylation sites (tertiary alicyclic amines) is 1. The molecule has 1 amide bonds. The van der Waals surface area contributed by atoms with E-state index >= 15 is 0 Å². The number of hydrogen-bond acceptors (Lipinski definition) is 3. The lowest BCUT2D eigenvalue weighted by Crippen LogP contribution is -2.36. The van der Waals surface area contributed by atoms with Crippen LogP contribution in [-0.4, -0.2) is 46.3 Å². The zero-order chi connectivity index (χ0) is 15.2. The van der Waals surface area contributed by atoms with Crippen LogP contribution < -0.4 is 5.32 Å². The van der Waals surface area contributed by atoms with Crippen LogP contribution in [0.3, 0.4) is 0 Å². The van der Waals surface area contributed by atoms with Crippen LogP contribution in [0.4, 0.5) is 0 Å². The highest BCUT2D eigenvalue weighted by molar-refractivity contribution is 5.79. The maximum atomic E-state index is 12.1. The minimum atomic E-state index is 0.341. The molecule has 5 nitrogen and oxygen atoms in total. The van der Waals surface area contributed by atoms with Gasteiger partial charge in [0.2, 0.25) is 5.91 Å². The third kappa shape index (κ3) is 4.32. The van der Waals surface area contributed by atoms with Gasteiger partial charge in [0.1, 0.15) is 0 Å². The first-order valence-corrected chi connectivity index (χ1v) is 8.80. The van der Waals surface area contributed by atoms with E-state index in [0.29, 0.717) is 18.4 Å². The Balaban J connectivity index is 1.34. The first-order valence-electron chi connectivity index (χ1n) is 8.80. The minimum Gasteiger partial charge on any atom is -0.341 e. The molecule has 122 valence electrons. The third-order valence-electron chi connectivity index (χ3n) is 4.97. The number of hydrogen-bond donors (Lipinski definition) is 1. The van der Waals surface area contributed by atoms with Crippen molar-refractivity contribution in [3.8, 4) is 0 Å². The van der Waals surface area contributed by atoms with Gasteiger partial charge < -0.3 is 10.2 Å². The fraction of sp³-hybridized carbons (Fsp3) is 0.765. The summed E-state index contributed by atoms with van der Waals surface area (Å²) in [6, 6.07) is 2.29. The van der Waals surface area contributed by atoms with Crippen molar-refractivity contribution in [3.05, 3.63) is 18.5 Å². The number of nitrogens with one attached hydrogen (secondary N) is 1. The van der Waals surface area contributed by atoms with E-state index in [4.69, 9.17) is 0 Å². The van der Waals surface area contributed by atoms with Crippen molar-refractivity contribution in [1.82, 2.24) is 20.0 Å². The number of aromatic nitrogens is 2. The number of nitrogens with zero attached hydrogens (tertiary/aromatic N) is 3. The van der Waals surface area contributed by atoms with Gasteiger partial charge in [-0.05, 0) is 37.8 Å². The topological polar surface area (TPSA) is 50.2 Å². The van der Waals surface area contributed by atoms with Crippen molar-refractivity contribution in [1.29, 1.82) is 0 Å². The van der Waals surface area contributed by atoms with Crippen LogP contribution in [0.5, 0.6) is 0 Å². The van der Waals surface area contributed by atoms with Crippen molar-refractivity contribution in [3.63, 3.8) is 0 Å². The Bertz CT molecular complexity index is 453. The molecule has 0 spiro atoms. The van der Waals surface area contributed by atoms with Gasteiger partial charge in [-0.15, -0.1) is 0 Å². The largest absolute Gasteiger partial charge is 0.341 e. The zero-order valence-corrected chi connectivity index (χ0v) is 13.4. The molecule has 1 aliphatic carbocycles. The van der Waals surface area contributed by atoms with Crippen molar-refractivity contribution < 1.29 is 4.79 Å². The molecule has 1 aliphatic heterocycles. The van der Waals surface area contributed by atoms with Crippen LogP contribution in [0.2, 0.25) is 0 Å². The normalized spacial score (nSPS) is 23.4. The van der Waals surface area contributed by atoms with Crippen LogP contribution in [-0.2, 0) is 11.3 Å². The molecule has 1 saturated heterocycles. The number of carbonyl (C=O) groups is 1. The van der Waals surface area contributed by atoms with E-state index in [2.05, 4.69) is 15.3 Å². The average molecular weight is 304 g/mol.